The summed E-state index contributed by atoms with van der Waals surface area (Å²) in [6.45, 7) is 4.25. The van der Waals surface area contributed by atoms with Crippen molar-refractivity contribution >= 4 is 29.3 Å². The first-order valence-corrected chi connectivity index (χ1v) is 10.1. The Bertz CT molecular complexity index is 927. The summed E-state index contributed by atoms with van der Waals surface area (Å²) in [5.41, 5.74) is 1.49. The molecule has 0 aliphatic carbocycles. The lowest BCUT2D eigenvalue weighted by molar-refractivity contribution is -0.117. The van der Waals surface area contributed by atoms with Gasteiger partial charge in [-0.2, -0.15) is 0 Å². The fourth-order valence-electron chi connectivity index (χ4n) is 3.24. The summed E-state index contributed by atoms with van der Waals surface area (Å²) in [6.07, 6.45) is -0.570. The Morgan fingerprint density at radius 3 is 2.35 bits per heavy atom. The first-order valence-electron chi connectivity index (χ1n) is 10.1. The fourth-order valence-corrected chi connectivity index (χ4v) is 3.24. The van der Waals surface area contributed by atoms with Gasteiger partial charge in [0.05, 0.1) is 13.2 Å². The third kappa shape index (κ3) is 6.51. The topological polar surface area (TPSA) is 91.0 Å². The van der Waals surface area contributed by atoms with Crippen molar-refractivity contribution in [2.75, 3.05) is 50.0 Å². The van der Waals surface area contributed by atoms with Crippen LogP contribution in [0.1, 0.15) is 17.3 Å². The van der Waals surface area contributed by atoms with Crippen molar-refractivity contribution in [1.29, 1.82) is 0 Å². The molecule has 3 rings (SSSR count). The number of amides is 3. The van der Waals surface area contributed by atoms with Gasteiger partial charge in [0, 0.05) is 43.1 Å². The van der Waals surface area contributed by atoms with Crippen LogP contribution in [0.2, 0.25) is 0 Å². The molecular weight excluding hydrogens is 403 g/mol. The fraction of sp³-hybridized carbons (Fsp3) is 0.318. The molecule has 1 heterocycles. The highest BCUT2D eigenvalue weighted by Crippen LogP contribution is 2.15. The number of carbonyl (C=O) groups excluding carboxylic acids is 3. The number of hydrogen-bond donors (Lipinski definition) is 2. The minimum Gasteiger partial charge on any atom is -0.450 e. The number of carbonyl (C=O) groups is 3. The summed E-state index contributed by atoms with van der Waals surface area (Å²) in [6, 6.07) is 12.3. The van der Waals surface area contributed by atoms with Crippen molar-refractivity contribution in [3.63, 3.8) is 0 Å². The Labute approximate surface area is 180 Å². The molecule has 0 saturated carbocycles. The highest BCUT2D eigenvalue weighted by Gasteiger charge is 2.23. The molecule has 2 N–H and O–H groups in total. The van der Waals surface area contributed by atoms with Crippen molar-refractivity contribution in [1.82, 2.24) is 9.80 Å². The molecule has 2 aromatic carbocycles. The molecule has 31 heavy (non-hydrogen) atoms. The summed E-state index contributed by atoms with van der Waals surface area (Å²) in [5.74, 6) is -0.687. The van der Waals surface area contributed by atoms with E-state index < -0.39 is 6.09 Å². The predicted molar refractivity (Wildman–Crippen MR) is 114 cm³/mol. The minimum atomic E-state index is -0.570. The standard InChI is InChI=1S/C22H25FN4O4/c1-2-31-22(30)25-19-5-3-4-16(14-19)21(29)27-12-10-26(11-13-27)15-20(28)24-18-8-6-17(23)7-9-18/h3-9,14H,2,10-13,15H2,1H3,(H,24,28)(H,25,30). The summed E-state index contributed by atoms with van der Waals surface area (Å²) < 4.78 is 17.8. The zero-order valence-corrected chi connectivity index (χ0v) is 17.3. The van der Waals surface area contributed by atoms with Gasteiger partial charge in [0.2, 0.25) is 5.91 Å². The predicted octanol–water partition coefficient (Wildman–Crippen LogP) is 2.79. The molecule has 0 aromatic heterocycles. The summed E-state index contributed by atoms with van der Waals surface area (Å²) >= 11 is 0. The molecule has 1 saturated heterocycles. The van der Waals surface area contributed by atoms with Gasteiger partial charge >= 0.3 is 6.09 Å². The van der Waals surface area contributed by atoms with Crippen LogP contribution >= 0.6 is 0 Å². The van der Waals surface area contributed by atoms with E-state index in [0.717, 1.165) is 0 Å². The van der Waals surface area contributed by atoms with Gasteiger partial charge < -0.3 is 15.0 Å². The summed E-state index contributed by atoms with van der Waals surface area (Å²) in [5, 5.41) is 5.32. The number of nitrogens with zero attached hydrogens (tertiary/aromatic N) is 2. The molecule has 0 bridgehead atoms. The Morgan fingerprint density at radius 2 is 1.68 bits per heavy atom. The van der Waals surface area contributed by atoms with E-state index in [0.29, 0.717) is 43.1 Å². The number of halogens is 1. The number of ether oxygens (including phenoxy) is 1. The first-order chi connectivity index (χ1) is 14.9. The van der Waals surface area contributed by atoms with Crippen LogP contribution in [0.4, 0.5) is 20.6 Å². The molecule has 9 heteroatoms. The van der Waals surface area contributed by atoms with Crippen molar-refractivity contribution in [3.05, 3.63) is 59.9 Å². The van der Waals surface area contributed by atoms with Crippen LogP contribution in [-0.2, 0) is 9.53 Å². The molecule has 1 aliphatic rings. The van der Waals surface area contributed by atoms with Crippen LogP contribution < -0.4 is 10.6 Å². The van der Waals surface area contributed by atoms with E-state index in [1.165, 1.54) is 24.3 Å². The molecule has 0 atom stereocenters. The molecule has 2 aromatic rings. The minimum absolute atomic E-state index is 0.136. The maximum atomic E-state index is 13.0. The van der Waals surface area contributed by atoms with Crippen LogP contribution in [0.5, 0.6) is 0 Å². The third-order valence-electron chi connectivity index (χ3n) is 4.79. The second-order valence-electron chi connectivity index (χ2n) is 7.05. The smallest absolute Gasteiger partial charge is 0.411 e. The van der Waals surface area contributed by atoms with Crippen LogP contribution in [-0.4, -0.2) is 67.0 Å². The second-order valence-corrected chi connectivity index (χ2v) is 7.05. The van der Waals surface area contributed by atoms with Gasteiger partial charge in [0.1, 0.15) is 5.82 Å². The maximum Gasteiger partial charge on any atom is 0.411 e. The average Bonchev–Trinajstić information content (AvgIpc) is 2.76. The normalized spacial score (nSPS) is 14.1. The molecule has 0 unspecified atom stereocenters. The van der Waals surface area contributed by atoms with Crippen molar-refractivity contribution < 1.29 is 23.5 Å². The van der Waals surface area contributed by atoms with Crippen molar-refractivity contribution in [2.45, 2.75) is 6.92 Å². The Balaban J connectivity index is 1.48. The van der Waals surface area contributed by atoms with Gasteiger partial charge in [0.15, 0.2) is 0 Å². The lowest BCUT2D eigenvalue weighted by Gasteiger charge is -2.34. The molecule has 1 fully saturated rings. The average molecular weight is 428 g/mol. The van der Waals surface area contributed by atoms with Gasteiger partial charge in [-0.25, -0.2) is 9.18 Å². The zero-order chi connectivity index (χ0) is 22.2. The Morgan fingerprint density at radius 1 is 0.968 bits per heavy atom. The maximum absolute atomic E-state index is 13.0. The summed E-state index contributed by atoms with van der Waals surface area (Å²) in [4.78, 5) is 40.3. The number of benzene rings is 2. The Kier molecular flexibility index (Phi) is 7.55. The van der Waals surface area contributed by atoms with E-state index in [1.54, 1.807) is 36.1 Å². The number of nitrogens with one attached hydrogen (secondary N) is 2. The van der Waals surface area contributed by atoms with E-state index in [9.17, 15) is 18.8 Å². The van der Waals surface area contributed by atoms with E-state index in [-0.39, 0.29) is 30.8 Å². The lowest BCUT2D eigenvalue weighted by Crippen LogP contribution is -2.50. The highest BCUT2D eigenvalue weighted by atomic mass is 19.1. The third-order valence-corrected chi connectivity index (χ3v) is 4.79. The largest absolute Gasteiger partial charge is 0.450 e. The second kappa shape index (κ2) is 10.5. The van der Waals surface area contributed by atoms with Gasteiger partial charge in [-0.15, -0.1) is 0 Å². The van der Waals surface area contributed by atoms with Crippen molar-refractivity contribution in [2.24, 2.45) is 0 Å². The van der Waals surface area contributed by atoms with Crippen LogP contribution in [0.25, 0.3) is 0 Å². The number of hydrogen-bond acceptors (Lipinski definition) is 5. The van der Waals surface area contributed by atoms with Gasteiger partial charge in [-0.1, -0.05) is 6.07 Å². The molecule has 3 amide bonds. The molecule has 8 nitrogen and oxygen atoms in total. The monoisotopic (exact) mass is 428 g/mol. The van der Waals surface area contributed by atoms with Gasteiger partial charge in [-0.05, 0) is 49.4 Å². The molecule has 164 valence electrons. The molecule has 0 spiro atoms. The Hall–Kier alpha value is -3.46. The number of rotatable bonds is 6. The van der Waals surface area contributed by atoms with Gasteiger partial charge in [-0.3, -0.25) is 19.8 Å². The molecule has 1 aliphatic heterocycles. The van der Waals surface area contributed by atoms with E-state index in [1.807, 2.05) is 4.90 Å². The molecule has 0 radical (unpaired) electrons. The van der Waals surface area contributed by atoms with E-state index in [4.69, 9.17) is 4.74 Å². The van der Waals surface area contributed by atoms with Crippen molar-refractivity contribution in [3.8, 4) is 0 Å². The van der Waals surface area contributed by atoms with Gasteiger partial charge in [0.25, 0.3) is 5.91 Å². The van der Waals surface area contributed by atoms with Crippen LogP contribution in [0, 0.1) is 5.82 Å². The lowest BCUT2D eigenvalue weighted by atomic mass is 10.1. The molecular formula is C22H25FN4O4. The number of anilines is 2. The summed E-state index contributed by atoms with van der Waals surface area (Å²) in [7, 11) is 0. The van der Waals surface area contributed by atoms with E-state index in [2.05, 4.69) is 10.6 Å². The van der Waals surface area contributed by atoms with E-state index >= 15 is 0 Å². The zero-order valence-electron chi connectivity index (χ0n) is 17.3. The SMILES string of the molecule is CCOC(=O)Nc1cccc(C(=O)N2CCN(CC(=O)Nc3ccc(F)cc3)CC2)c1. The first kappa shape index (κ1) is 22.2. The van der Waals surface area contributed by atoms with Crippen LogP contribution in [0.3, 0.4) is 0 Å². The number of piperazine rings is 1. The van der Waals surface area contributed by atoms with Crippen LogP contribution in [0.15, 0.2) is 48.5 Å². The quantitative estimate of drug-likeness (QED) is 0.738. The highest BCUT2D eigenvalue weighted by molar-refractivity contribution is 5.96.